The van der Waals surface area contributed by atoms with Crippen LogP contribution in [0.3, 0.4) is 0 Å². The van der Waals surface area contributed by atoms with Gasteiger partial charge in [0.25, 0.3) is 0 Å². The fourth-order valence-corrected chi connectivity index (χ4v) is 1.17. The number of rotatable bonds is 5. The molecule has 0 bridgehead atoms. The van der Waals surface area contributed by atoms with Crippen molar-refractivity contribution in [3.8, 4) is 0 Å². The van der Waals surface area contributed by atoms with Crippen LogP contribution in [-0.2, 0) is 14.9 Å². The minimum absolute atomic E-state index is 1.84. The van der Waals surface area contributed by atoms with Crippen LogP contribution in [0.25, 0.3) is 0 Å². The number of hydrogen-bond acceptors (Lipinski definition) is 3. The van der Waals surface area contributed by atoms with E-state index in [-0.39, 0.29) is 0 Å². The van der Waals surface area contributed by atoms with Gasteiger partial charge in [-0.05, 0) is 0 Å². The first-order valence-electron chi connectivity index (χ1n) is 2.99. The summed E-state index contributed by atoms with van der Waals surface area (Å²) in [5.74, 6) is 0. The van der Waals surface area contributed by atoms with Gasteiger partial charge in [-0.2, -0.15) is 0 Å². The van der Waals surface area contributed by atoms with Gasteiger partial charge in [-0.15, -0.1) is 0 Å². The molecule has 106 valence electrons. The van der Waals surface area contributed by atoms with Gasteiger partial charge >= 0.3 is 96.3 Å². The second-order valence-corrected chi connectivity index (χ2v) is 6.10. The molecule has 0 aliphatic heterocycles. The summed E-state index contributed by atoms with van der Waals surface area (Å²) in [6.45, 7) is 0. The predicted octanol–water partition coefficient (Wildman–Crippen LogP) is 2.90. The Morgan fingerprint density at radius 3 is 1.59 bits per heavy atom. The molecule has 0 saturated carbocycles. The van der Waals surface area contributed by atoms with Crippen LogP contribution in [0.4, 0.5) is 32.1 Å². The molecular weight excluding hydrogens is 411 g/mol. The van der Waals surface area contributed by atoms with Crippen molar-refractivity contribution in [3.63, 3.8) is 0 Å². The van der Waals surface area contributed by atoms with E-state index >= 15 is 0 Å². The number of alkyl halides is 7. The number of ether oxygens (including phenoxy) is 1. The minimum atomic E-state index is -6.83. The van der Waals surface area contributed by atoms with Gasteiger partial charge in [0, 0.05) is 0 Å². The Morgan fingerprint density at radius 1 is 1.00 bits per heavy atom. The molecular formula is C3HF8IO4S. The van der Waals surface area contributed by atoms with Crippen LogP contribution in [0.2, 0.25) is 0 Å². The van der Waals surface area contributed by atoms with E-state index in [1.54, 1.807) is 0 Å². The van der Waals surface area contributed by atoms with Crippen molar-refractivity contribution in [2.24, 2.45) is 0 Å². The van der Waals surface area contributed by atoms with E-state index in [1.165, 1.54) is 0 Å². The fraction of sp³-hybridized carbons (Fsp3) is 1.00. The van der Waals surface area contributed by atoms with E-state index in [2.05, 4.69) is 0 Å². The Kier molecular flexibility index (Phi) is 4.63. The second kappa shape index (κ2) is 4.61. The van der Waals surface area contributed by atoms with Crippen LogP contribution in [0.15, 0.2) is 0 Å². The summed E-state index contributed by atoms with van der Waals surface area (Å²) in [6, 6.07) is 0. The van der Waals surface area contributed by atoms with E-state index in [1.807, 2.05) is 4.74 Å². The Labute approximate surface area is 96.6 Å². The molecule has 0 saturated heterocycles. The van der Waals surface area contributed by atoms with Crippen LogP contribution in [0.5, 0.6) is 0 Å². The average Bonchev–Trinajstić information content (AvgIpc) is 1.98. The molecule has 0 radical (unpaired) electrons. The maximum absolute atomic E-state index is 12.3. The van der Waals surface area contributed by atoms with Crippen LogP contribution >= 0.6 is 21.0 Å². The van der Waals surface area contributed by atoms with Crippen molar-refractivity contribution < 1.29 is 49.8 Å². The third-order valence-electron chi connectivity index (χ3n) is 1.07. The third-order valence-corrected chi connectivity index (χ3v) is 3.13. The van der Waals surface area contributed by atoms with Crippen molar-refractivity contribution in [2.75, 3.05) is 0 Å². The number of hydrogen-bond donors (Lipinski definition) is 1. The summed E-state index contributed by atoms with van der Waals surface area (Å²) in [7, 11) is -6.83. The Hall–Kier alpha value is 0.0400. The first-order chi connectivity index (χ1) is 7.15. The van der Waals surface area contributed by atoms with Gasteiger partial charge in [-0.1, -0.05) is 0 Å². The van der Waals surface area contributed by atoms with Crippen molar-refractivity contribution in [1.29, 1.82) is 0 Å². The fourth-order valence-electron chi connectivity index (χ4n) is 0.384. The molecule has 0 heterocycles. The molecule has 0 amide bonds. The van der Waals surface area contributed by atoms with Crippen LogP contribution < -0.4 is 0 Å². The summed E-state index contributed by atoms with van der Waals surface area (Å²) in [5.41, 5.74) is 0. The molecule has 17 heavy (non-hydrogen) atoms. The summed E-state index contributed by atoms with van der Waals surface area (Å²) in [5, 5.41) is -6.49. The van der Waals surface area contributed by atoms with Gasteiger partial charge in [0.05, 0.1) is 0 Å². The van der Waals surface area contributed by atoms with Crippen molar-refractivity contribution in [3.05, 3.63) is 0 Å². The quantitative estimate of drug-likeness (QED) is 0.327. The average molecular weight is 412 g/mol. The number of halogens is 9. The molecule has 0 aliphatic rings. The molecule has 0 spiro atoms. The van der Waals surface area contributed by atoms with Crippen molar-refractivity contribution in [1.82, 2.24) is 0 Å². The molecule has 0 aromatic heterocycles. The van der Waals surface area contributed by atoms with E-state index in [9.17, 15) is 40.5 Å². The van der Waals surface area contributed by atoms with Crippen LogP contribution in [0, 0.1) is 0 Å². The van der Waals surface area contributed by atoms with Crippen molar-refractivity contribution in [2.45, 2.75) is 15.5 Å². The summed E-state index contributed by atoms with van der Waals surface area (Å²) in [6.07, 6.45) is -6.52. The molecule has 0 fully saturated rings. The van der Waals surface area contributed by atoms with E-state index in [0.29, 0.717) is 0 Å². The van der Waals surface area contributed by atoms with Gasteiger partial charge in [0.2, 0.25) is 0 Å². The van der Waals surface area contributed by atoms with Gasteiger partial charge in [-0.25, -0.2) is 0 Å². The normalized spacial score (nSPS) is 15.9. The van der Waals surface area contributed by atoms with E-state index < -0.39 is 46.6 Å². The van der Waals surface area contributed by atoms with Gasteiger partial charge in [0.1, 0.15) is 0 Å². The van der Waals surface area contributed by atoms with E-state index in [0.717, 1.165) is 0 Å². The Bertz CT molecular complexity index is 378. The summed E-state index contributed by atoms with van der Waals surface area (Å²) < 4.78 is 119. The first-order valence-corrected chi connectivity index (χ1v) is 7.14. The molecule has 0 rings (SSSR count). The zero-order chi connectivity index (χ0) is 14.3. The standard InChI is InChI=1S/C3HF8IO4S/c4-1(5,2(6,7)17(13,14)15)16-3(8,9)12(10)11/h(H,13,14,15). The molecule has 0 unspecified atom stereocenters. The molecule has 4 nitrogen and oxygen atoms in total. The molecule has 14 heteroatoms. The maximum atomic E-state index is 12.3. The molecule has 0 aromatic carbocycles. The zero-order valence-corrected chi connectivity index (χ0v) is 9.96. The Morgan fingerprint density at radius 2 is 1.35 bits per heavy atom. The zero-order valence-electron chi connectivity index (χ0n) is 6.98. The summed E-state index contributed by atoms with van der Waals surface area (Å²) in [4.78, 5) is 0. The van der Waals surface area contributed by atoms with E-state index in [4.69, 9.17) is 4.55 Å². The molecule has 0 aromatic rings. The van der Waals surface area contributed by atoms with Crippen molar-refractivity contribution >= 4 is 31.1 Å². The van der Waals surface area contributed by atoms with Gasteiger partial charge < -0.3 is 0 Å². The second-order valence-electron chi connectivity index (χ2n) is 2.25. The van der Waals surface area contributed by atoms with Crippen LogP contribution in [-0.4, -0.2) is 28.4 Å². The molecule has 0 aliphatic carbocycles. The monoisotopic (exact) mass is 412 g/mol. The molecule has 0 atom stereocenters. The molecule has 1 N–H and O–H groups in total. The third kappa shape index (κ3) is 3.50. The first kappa shape index (κ1) is 17.0. The SMILES string of the molecule is O=S(=O)(O)C(F)(F)C(F)(F)OC(F)(F)I(F)F. The Balaban J connectivity index is 5.32. The predicted molar refractivity (Wildman–Crippen MR) is 43.7 cm³/mol. The summed E-state index contributed by atoms with van der Waals surface area (Å²) >= 11 is -6.42. The van der Waals surface area contributed by atoms with Gasteiger partial charge in [-0.3, -0.25) is 0 Å². The van der Waals surface area contributed by atoms with Gasteiger partial charge in [0.15, 0.2) is 0 Å². The van der Waals surface area contributed by atoms with Crippen LogP contribution in [0.1, 0.15) is 0 Å². The topological polar surface area (TPSA) is 63.6 Å².